The SMILES string of the molecule is CC(C)Nc1ccc(F)c2c1C(=O)N(C1CCC(=O)NC1O)C2=O. The summed E-state index contributed by atoms with van der Waals surface area (Å²) in [6, 6.07) is 1.62. The Morgan fingerprint density at radius 3 is 2.54 bits per heavy atom. The molecule has 0 aromatic heterocycles. The standard InChI is InChI=1S/C16H18FN3O4/c1-7(2)18-9-4-3-8(17)12-13(9)16(24)20(15(12)23)10-5-6-11(21)19-14(10)22/h3-4,7,10,14,18,22H,5-6H2,1-2H3,(H,19,21). The van der Waals surface area contributed by atoms with Crippen LogP contribution >= 0.6 is 0 Å². The van der Waals surface area contributed by atoms with Gasteiger partial charge in [0.2, 0.25) is 5.91 Å². The Labute approximate surface area is 137 Å². The van der Waals surface area contributed by atoms with E-state index in [0.29, 0.717) is 5.69 Å². The molecule has 0 aliphatic carbocycles. The highest BCUT2D eigenvalue weighted by molar-refractivity contribution is 6.24. The molecule has 1 aromatic carbocycles. The van der Waals surface area contributed by atoms with E-state index in [1.807, 2.05) is 13.8 Å². The number of benzene rings is 1. The van der Waals surface area contributed by atoms with Crippen molar-refractivity contribution >= 4 is 23.4 Å². The van der Waals surface area contributed by atoms with Crippen molar-refractivity contribution in [1.82, 2.24) is 10.2 Å². The van der Waals surface area contributed by atoms with E-state index in [1.54, 1.807) is 0 Å². The highest BCUT2D eigenvalue weighted by Gasteiger charge is 2.46. The fraction of sp³-hybridized carbons (Fsp3) is 0.438. The second kappa shape index (κ2) is 5.86. The fourth-order valence-corrected chi connectivity index (χ4v) is 3.11. The first-order valence-corrected chi connectivity index (χ1v) is 7.75. The molecule has 0 spiro atoms. The predicted octanol–water partition coefficient (Wildman–Crippen LogP) is 0.839. The second-order valence-electron chi connectivity index (χ2n) is 6.24. The van der Waals surface area contributed by atoms with Crippen molar-refractivity contribution in [2.24, 2.45) is 0 Å². The molecular formula is C16H18FN3O4. The van der Waals surface area contributed by atoms with Gasteiger partial charge in [0.15, 0.2) is 0 Å². The van der Waals surface area contributed by atoms with E-state index >= 15 is 0 Å². The van der Waals surface area contributed by atoms with Gasteiger partial charge in [0.25, 0.3) is 11.8 Å². The number of nitrogens with zero attached hydrogens (tertiary/aromatic N) is 1. The molecule has 2 aliphatic rings. The normalized spacial score (nSPS) is 23.5. The van der Waals surface area contributed by atoms with Crippen LogP contribution in [0.1, 0.15) is 47.4 Å². The zero-order valence-corrected chi connectivity index (χ0v) is 13.3. The number of halogens is 1. The molecule has 0 bridgehead atoms. The molecule has 3 amide bonds. The first-order chi connectivity index (χ1) is 11.3. The maximum Gasteiger partial charge on any atom is 0.265 e. The van der Waals surface area contributed by atoms with Gasteiger partial charge < -0.3 is 15.7 Å². The second-order valence-corrected chi connectivity index (χ2v) is 6.24. The van der Waals surface area contributed by atoms with E-state index in [1.165, 1.54) is 6.07 Å². The lowest BCUT2D eigenvalue weighted by Crippen LogP contribution is -2.57. The largest absolute Gasteiger partial charge is 0.382 e. The smallest absolute Gasteiger partial charge is 0.265 e. The first kappa shape index (κ1) is 16.4. The summed E-state index contributed by atoms with van der Waals surface area (Å²) < 4.78 is 14.2. The Kier molecular flexibility index (Phi) is 4.00. The number of piperidine rings is 1. The summed E-state index contributed by atoms with van der Waals surface area (Å²) in [4.78, 5) is 37.5. The number of amides is 3. The third-order valence-corrected chi connectivity index (χ3v) is 4.14. The predicted molar refractivity (Wildman–Crippen MR) is 82.8 cm³/mol. The minimum absolute atomic E-state index is 0.0175. The monoisotopic (exact) mass is 335 g/mol. The quantitative estimate of drug-likeness (QED) is 0.711. The van der Waals surface area contributed by atoms with Gasteiger partial charge >= 0.3 is 0 Å². The lowest BCUT2D eigenvalue weighted by Gasteiger charge is -2.33. The van der Waals surface area contributed by atoms with E-state index in [4.69, 9.17) is 0 Å². The summed E-state index contributed by atoms with van der Waals surface area (Å²) >= 11 is 0. The van der Waals surface area contributed by atoms with Crippen LogP contribution in [0.5, 0.6) is 0 Å². The number of carbonyl (C=O) groups is 3. The molecule has 1 saturated heterocycles. The molecule has 3 rings (SSSR count). The van der Waals surface area contributed by atoms with Crippen LogP contribution in [-0.4, -0.2) is 46.0 Å². The molecule has 2 heterocycles. The van der Waals surface area contributed by atoms with Crippen LogP contribution in [0.4, 0.5) is 10.1 Å². The van der Waals surface area contributed by atoms with E-state index in [0.717, 1.165) is 11.0 Å². The van der Waals surface area contributed by atoms with Crippen molar-refractivity contribution in [3.05, 3.63) is 29.1 Å². The molecule has 2 atom stereocenters. The number of nitrogens with one attached hydrogen (secondary N) is 2. The van der Waals surface area contributed by atoms with Crippen LogP contribution in [0.2, 0.25) is 0 Å². The molecule has 3 N–H and O–H groups in total. The van der Waals surface area contributed by atoms with Gasteiger partial charge in [-0.2, -0.15) is 0 Å². The average Bonchev–Trinajstić information content (AvgIpc) is 2.75. The third kappa shape index (κ3) is 2.52. The van der Waals surface area contributed by atoms with Gasteiger partial charge in [-0.25, -0.2) is 4.39 Å². The summed E-state index contributed by atoms with van der Waals surface area (Å²) in [7, 11) is 0. The van der Waals surface area contributed by atoms with Gasteiger partial charge in [0, 0.05) is 18.2 Å². The number of hydrogen-bond donors (Lipinski definition) is 3. The number of fused-ring (bicyclic) bond motifs is 1. The molecular weight excluding hydrogens is 317 g/mol. The van der Waals surface area contributed by atoms with Gasteiger partial charge in [0.05, 0.1) is 17.2 Å². The first-order valence-electron chi connectivity index (χ1n) is 7.75. The number of aliphatic hydroxyl groups excluding tert-OH is 1. The van der Waals surface area contributed by atoms with Gasteiger partial charge in [-0.05, 0) is 32.4 Å². The number of rotatable bonds is 3. The molecule has 1 aromatic rings. The molecule has 2 aliphatic heterocycles. The van der Waals surface area contributed by atoms with Gasteiger partial charge in [0.1, 0.15) is 12.0 Å². The highest BCUT2D eigenvalue weighted by atomic mass is 19.1. The molecule has 0 radical (unpaired) electrons. The lowest BCUT2D eigenvalue weighted by atomic mass is 10.0. The van der Waals surface area contributed by atoms with E-state index in [-0.39, 0.29) is 35.9 Å². The summed E-state index contributed by atoms with van der Waals surface area (Å²) in [5.41, 5.74) is 0.0455. The van der Waals surface area contributed by atoms with Crippen molar-refractivity contribution in [1.29, 1.82) is 0 Å². The zero-order valence-electron chi connectivity index (χ0n) is 13.3. The molecule has 24 heavy (non-hydrogen) atoms. The van der Waals surface area contributed by atoms with Gasteiger partial charge in [-0.1, -0.05) is 0 Å². The van der Waals surface area contributed by atoms with Crippen LogP contribution in [0.25, 0.3) is 0 Å². The topological polar surface area (TPSA) is 98.7 Å². The number of imide groups is 1. The zero-order chi connectivity index (χ0) is 17.6. The maximum absolute atomic E-state index is 14.2. The van der Waals surface area contributed by atoms with E-state index in [9.17, 15) is 23.9 Å². The van der Waals surface area contributed by atoms with Crippen LogP contribution < -0.4 is 10.6 Å². The Balaban J connectivity index is 2.02. The van der Waals surface area contributed by atoms with Crippen molar-refractivity contribution in [2.75, 3.05) is 5.32 Å². The van der Waals surface area contributed by atoms with Crippen molar-refractivity contribution in [3.63, 3.8) is 0 Å². The summed E-state index contributed by atoms with van der Waals surface area (Å²) in [6.45, 7) is 3.71. The molecule has 8 heteroatoms. The summed E-state index contributed by atoms with van der Waals surface area (Å²) in [6.07, 6.45) is -1.15. The summed E-state index contributed by atoms with van der Waals surface area (Å²) in [5, 5.41) is 15.3. The number of anilines is 1. The lowest BCUT2D eigenvalue weighted by molar-refractivity contribution is -0.129. The van der Waals surface area contributed by atoms with Crippen molar-refractivity contribution in [2.45, 2.75) is 45.0 Å². The molecule has 0 saturated carbocycles. The summed E-state index contributed by atoms with van der Waals surface area (Å²) in [5.74, 6) is -2.60. The Morgan fingerprint density at radius 2 is 1.92 bits per heavy atom. The van der Waals surface area contributed by atoms with E-state index < -0.39 is 29.9 Å². The molecule has 7 nitrogen and oxygen atoms in total. The third-order valence-electron chi connectivity index (χ3n) is 4.14. The molecule has 2 unspecified atom stereocenters. The molecule has 1 fully saturated rings. The number of carbonyl (C=O) groups excluding carboxylic acids is 3. The van der Waals surface area contributed by atoms with Gasteiger partial charge in [-0.15, -0.1) is 0 Å². The fourth-order valence-electron chi connectivity index (χ4n) is 3.11. The maximum atomic E-state index is 14.2. The van der Waals surface area contributed by atoms with Crippen molar-refractivity contribution in [3.8, 4) is 0 Å². The molecule has 128 valence electrons. The van der Waals surface area contributed by atoms with Crippen molar-refractivity contribution < 1.29 is 23.9 Å². The Morgan fingerprint density at radius 1 is 1.25 bits per heavy atom. The number of hydrogen-bond acceptors (Lipinski definition) is 5. The minimum Gasteiger partial charge on any atom is -0.382 e. The van der Waals surface area contributed by atoms with Crippen LogP contribution in [0.15, 0.2) is 12.1 Å². The minimum atomic E-state index is -1.36. The van der Waals surface area contributed by atoms with Crippen LogP contribution in [0, 0.1) is 5.82 Å². The highest BCUT2D eigenvalue weighted by Crippen LogP contribution is 2.34. The Hall–Kier alpha value is -2.48. The van der Waals surface area contributed by atoms with E-state index in [2.05, 4.69) is 10.6 Å². The Bertz CT molecular complexity index is 734. The van der Waals surface area contributed by atoms with Crippen LogP contribution in [-0.2, 0) is 4.79 Å². The van der Waals surface area contributed by atoms with Crippen LogP contribution in [0.3, 0.4) is 0 Å². The van der Waals surface area contributed by atoms with Gasteiger partial charge in [-0.3, -0.25) is 19.3 Å². The number of aliphatic hydroxyl groups is 1. The average molecular weight is 335 g/mol.